The van der Waals surface area contributed by atoms with E-state index in [0.29, 0.717) is 34.0 Å². The highest BCUT2D eigenvalue weighted by molar-refractivity contribution is 5.80. The molecule has 0 aliphatic rings. The third kappa shape index (κ3) is 4.09. The summed E-state index contributed by atoms with van der Waals surface area (Å²) >= 11 is 0. The van der Waals surface area contributed by atoms with Crippen LogP contribution >= 0.6 is 0 Å². The maximum atomic E-state index is 12.9. The minimum atomic E-state index is -0.471. The van der Waals surface area contributed by atoms with Gasteiger partial charge in [-0.25, -0.2) is 4.79 Å². The smallest absolute Gasteiger partial charge is 0.344 e. The van der Waals surface area contributed by atoms with Crippen molar-refractivity contribution in [2.45, 2.75) is 13.8 Å². The van der Waals surface area contributed by atoms with Gasteiger partial charge in [0, 0.05) is 6.07 Å². The Kier molecular flexibility index (Phi) is 5.84. The van der Waals surface area contributed by atoms with Crippen LogP contribution < -0.4 is 19.6 Å². The van der Waals surface area contributed by atoms with Gasteiger partial charge in [-0.2, -0.15) is 0 Å². The van der Waals surface area contributed by atoms with E-state index in [1.165, 1.54) is 7.11 Å². The number of fused-ring (bicyclic) bond motifs is 1. The van der Waals surface area contributed by atoms with Gasteiger partial charge in [0.15, 0.2) is 18.1 Å². The van der Waals surface area contributed by atoms with Gasteiger partial charge in [-0.3, -0.25) is 4.79 Å². The zero-order valence-electron chi connectivity index (χ0n) is 15.8. The van der Waals surface area contributed by atoms with Gasteiger partial charge < -0.3 is 23.4 Å². The maximum Gasteiger partial charge on any atom is 0.344 e. The zero-order valence-corrected chi connectivity index (χ0v) is 15.8. The second kappa shape index (κ2) is 8.47. The maximum absolute atomic E-state index is 12.9. The van der Waals surface area contributed by atoms with E-state index in [2.05, 4.69) is 0 Å². The molecule has 0 amide bonds. The minimum Gasteiger partial charge on any atom is -0.493 e. The molecule has 7 heteroatoms. The molecule has 0 saturated carbocycles. The van der Waals surface area contributed by atoms with E-state index < -0.39 is 5.97 Å². The third-order valence-corrected chi connectivity index (χ3v) is 3.93. The molecule has 7 nitrogen and oxygen atoms in total. The lowest BCUT2D eigenvalue weighted by Crippen LogP contribution is -2.14. The number of hydrogen-bond donors (Lipinski definition) is 0. The standard InChI is InChI=1S/C21H20O7/c1-4-25-19(22)12-26-14-9-10-15-18(11-14)27-13(2)21(20(15)23)28-17-8-6-5-7-16(17)24-3/h5-11H,4,12H2,1-3H3. The predicted molar refractivity (Wildman–Crippen MR) is 102 cm³/mol. The number of ether oxygens (including phenoxy) is 4. The van der Waals surface area contributed by atoms with Crippen molar-refractivity contribution in [2.24, 2.45) is 0 Å². The molecule has 1 heterocycles. The van der Waals surface area contributed by atoms with Crippen molar-refractivity contribution in [3.8, 4) is 23.0 Å². The number of para-hydroxylation sites is 2. The lowest BCUT2D eigenvalue weighted by molar-refractivity contribution is -0.145. The molecule has 0 fully saturated rings. The minimum absolute atomic E-state index is 0.0807. The molecular formula is C21H20O7. The highest BCUT2D eigenvalue weighted by Crippen LogP contribution is 2.32. The summed E-state index contributed by atoms with van der Waals surface area (Å²) in [4.78, 5) is 24.3. The highest BCUT2D eigenvalue weighted by Gasteiger charge is 2.16. The fourth-order valence-corrected chi connectivity index (χ4v) is 2.63. The molecule has 0 radical (unpaired) electrons. The van der Waals surface area contributed by atoms with Crippen molar-refractivity contribution in [3.05, 3.63) is 58.4 Å². The first-order valence-corrected chi connectivity index (χ1v) is 8.70. The molecule has 0 saturated heterocycles. The Bertz CT molecular complexity index is 1050. The topological polar surface area (TPSA) is 84.2 Å². The number of aryl methyl sites for hydroxylation is 1. The first kappa shape index (κ1) is 19.3. The summed E-state index contributed by atoms with van der Waals surface area (Å²) in [5.41, 5.74) is 0.0119. The van der Waals surface area contributed by atoms with Crippen LogP contribution in [0.3, 0.4) is 0 Å². The molecule has 0 aliphatic heterocycles. The van der Waals surface area contributed by atoms with Gasteiger partial charge in [0.25, 0.3) is 0 Å². The van der Waals surface area contributed by atoms with Gasteiger partial charge in [-0.1, -0.05) is 12.1 Å². The van der Waals surface area contributed by atoms with Crippen molar-refractivity contribution in [3.63, 3.8) is 0 Å². The van der Waals surface area contributed by atoms with Gasteiger partial charge in [0.2, 0.25) is 11.2 Å². The Morgan fingerprint density at radius 2 is 1.86 bits per heavy atom. The quantitative estimate of drug-likeness (QED) is 0.572. The normalized spacial score (nSPS) is 10.5. The molecule has 0 N–H and O–H groups in total. The summed E-state index contributed by atoms with van der Waals surface area (Å²) in [6, 6.07) is 11.7. The summed E-state index contributed by atoms with van der Waals surface area (Å²) in [5, 5.41) is 0.332. The van der Waals surface area contributed by atoms with Gasteiger partial charge in [0.05, 0.1) is 19.1 Å². The molecule has 3 aromatic rings. The molecule has 2 aromatic carbocycles. The number of methoxy groups -OCH3 is 1. The van der Waals surface area contributed by atoms with Crippen LogP contribution in [0.5, 0.6) is 23.0 Å². The summed E-state index contributed by atoms with van der Waals surface area (Å²) in [7, 11) is 1.52. The van der Waals surface area contributed by atoms with E-state index >= 15 is 0 Å². The molecule has 28 heavy (non-hydrogen) atoms. The van der Waals surface area contributed by atoms with Crippen LogP contribution in [0.1, 0.15) is 12.7 Å². The highest BCUT2D eigenvalue weighted by atomic mass is 16.6. The van der Waals surface area contributed by atoms with Crippen LogP contribution in [0, 0.1) is 6.92 Å². The summed E-state index contributed by atoms with van der Waals surface area (Å²) in [6.07, 6.45) is 0. The van der Waals surface area contributed by atoms with Gasteiger partial charge in [-0.05, 0) is 38.1 Å². The Morgan fingerprint density at radius 1 is 1.11 bits per heavy atom. The van der Waals surface area contributed by atoms with Crippen LogP contribution in [-0.4, -0.2) is 26.3 Å². The van der Waals surface area contributed by atoms with E-state index in [1.807, 2.05) is 0 Å². The fourth-order valence-electron chi connectivity index (χ4n) is 2.63. The second-order valence-corrected chi connectivity index (χ2v) is 5.82. The third-order valence-electron chi connectivity index (χ3n) is 3.93. The molecule has 1 aromatic heterocycles. The number of benzene rings is 2. The summed E-state index contributed by atoms with van der Waals surface area (Å²) < 4.78 is 27.0. The van der Waals surface area contributed by atoms with Crippen LogP contribution in [-0.2, 0) is 9.53 Å². The lowest BCUT2D eigenvalue weighted by Gasteiger charge is -2.12. The summed E-state index contributed by atoms with van der Waals surface area (Å²) in [5.74, 6) is 1.23. The van der Waals surface area contributed by atoms with Crippen LogP contribution in [0.2, 0.25) is 0 Å². The number of esters is 1. The first-order valence-electron chi connectivity index (χ1n) is 8.70. The van der Waals surface area contributed by atoms with E-state index in [9.17, 15) is 9.59 Å². The van der Waals surface area contributed by atoms with Crippen molar-refractivity contribution in [2.75, 3.05) is 20.3 Å². The lowest BCUT2D eigenvalue weighted by atomic mass is 10.2. The molecule has 0 aliphatic carbocycles. The Labute approximate surface area is 161 Å². The fraction of sp³-hybridized carbons (Fsp3) is 0.238. The van der Waals surface area contributed by atoms with Crippen molar-refractivity contribution in [1.82, 2.24) is 0 Å². The van der Waals surface area contributed by atoms with E-state index in [-0.39, 0.29) is 24.4 Å². The van der Waals surface area contributed by atoms with Gasteiger partial charge in [-0.15, -0.1) is 0 Å². The van der Waals surface area contributed by atoms with E-state index in [1.54, 1.807) is 56.3 Å². The Balaban J connectivity index is 1.91. The second-order valence-electron chi connectivity index (χ2n) is 5.82. The van der Waals surface area contributed by atoms with Crippen LogP contribution in [0.4, 0.5) is 0 Å². The van der Waals surface area contributed by atoms with Crippen molar-refractivity contribution in [1.29, 1.82) is 0 Å². The van der Waals surface area contributed by atoms with Gasteiger partial charge in [0.1, 0.15) is 17.1 Å². The monoisotopic (exact) mass is 384 g/mol. The molecular weight excluding hydrogens is 364 g/mol. The number of hydrogen-bond acceptors (Lipinski definition) is 7. The van der Waals surface area contributed by atoms with Crippen molar-refractivity contribution >= 4 is 16.9 Å². The number of rotatable bonds is 7. The zero-order chi connectivity index (χ0) is 20.1. The SMILES string of the molecule is CCOC(=O)COc1ccc2c(=O)c(Oc3ccccc3OC)c(C)oc2c1. The largest absolute Gasteiger partial charge is 0.493 e. The van der Waals surface area contributed by atoms with E-state index in [4.69, 9.17) is 23.4 Å². The van der Waals surface area contributed by atoms with Crippen LogP contribution in [0.15, 0.2) is 51.7 Å². The predicted octanol–water partition coefficient (Wildman–Crippen LogP) is 3.84. The molecule has 146 valence electrons. The number of carbonyl (C=O) groups excluding carboxylic acids is 1. The molecule has 0 unspecified atom stereocenters. The Hall–Kier alpha value is -3.48. The Morgan fingerprint density at radius 3 is 2.57 bits per heavy atom. The number of carbonyl (C=O) groups is 1. The molecule has 0 bridgehead atoms. The average molecular weight is 384 g/mol. The summed E-state index contributed by atoms with van der Waals surface area (Å²) in [6.45, 7) is 3.41. The molecule has 3 rings (SSSR count). The van der Waals surface area contributed by atoms with Crippen LogP contribution in [0.25, 0.3) is 11.0 Å². The molecule has 0 spiro atoms. The van der Waals surface area contributed by atoms with Gasteiger partial charge >= 0.3 is 5.97 Å². The van der Waals surface area contributed by atoms with E-state index in [0.717, 1.165) is 0 Å². The van der Waals surface area contributed by atoms with Crippen molar-refractivity contribution < 1.29 is 28.2 Å². The first-order chi connectivity index (χ1) is 13.5. The average Bonchev–Trinajstić information content (AvgIpc) is 2.70. The molecule has 0 atom stereocenters.